The molecular weight excluding hydrogens is 443 g/mol. The van der Waals surface area contributed by atoms with Crippen LogP contribution in [0.25, 0.3) is 5.82 Å². The Balaban J connectivity index is 0.00000338. The molecule has 0 unspecified atom stereocenters. The van der Waals surface area contributed by atoms with Crippen molar-refractivity contribution in [2.24, 2.45) is 4.99 Å². The highest BCUT2D eigenvalue weighted by Gasteiger charge is 2.02. The number of nitrogens with zero attached hydrogens (tertiary/aromatic N) is 4. The number of halogens is 1. The Bertz CT molecular complexity index is 656. The van der Waals surface area contributed by atoms with Crippen molar-refractivity contribution in [2.75, 3.05) is 26.3 Å². The largest absolute Gasteiger partial charge is 0.382 e. The molecule has 0 radical (unpaired) electrons. The average Bonchev–Trinajstić information content (AvgIpc) is 3.06. The van der Waals surface area contributed by atoms with Crippen LogP contribution in [0.3, 0.4) is 0 Å². The maximum Gasteiger partial charge on any atom is 0.191 e. The van der Waals surface area contributed by atoms with Gasteiger partial charge in [-0.1, -0.05) is 6.07 Å². The lowest BCUT2D eigenvalue weighted by Crippen LogP contribution is -2.38. The van der Waals surface area contributed by atoms with Crippen LogP contribution in [0.15, 0.2) is 35.7 Å². The number of imidazole rings is 1. The Labute approximate surface area is 172 Å². The van der Waals surface area contributed by atoms with Gasteiger partial charge in [-0.15, -0.1) is 24.0 Å². The van der Waals surface area contributed by atoms with Gasteiger partial charge in [0, 0.05) is 44.9 Å². The molecule has 0 saturated carbocycles. The van der Waals surface area contributed by atoms with E-state index in [1.54, 1.807) is 6.20 Å². The molecule has 2 aromatic heterocycles. The molecule has 2 rings (SSSR count). The maximum atomic E-state index is 5.34. The molecule has 0 spiro atoms. The van der Waals surface area contributed by atoms with Crippen molar-refractivity contribution in [2.45, 2.75) is 33.7 Å². The number of hydrogen-bond donors (Lipinski definition) is 2. The normalized spacial score (nSPS) is 11.1. The van der Waals surface area contributed by atoms with Crippen LogP contribution in [0, 0.1) is 6.92 Å². The monoisotopic (exact) mass is 472 g/mol. The van der Waals surface area contributed by atoms with E-state index in [-0.39, 0.29) is 24.0 Å². The van der Waals surface area contributed by atoms with Gasteiger partial charge < -0.3 is 15.4 Å². The first-order valence-electron chi connectivity index (χ1n) is 8.79. The Morgan fingerprint density at radius 1 is 1.23 bits per heavy atom. The summed E-state index contributed by atoms with van der Waals surface area (Å²) < 4.78 is 7.30. The van der Waals surface area contributed by atoms with Crippen molar-refractivity contribution in [1.82, 2.24) is 25.2 Å². The van der Waals surface area contributed by atoms with Gasteiger partial charge in [-0.25, -0.2) is 15.0 Å². The van der Waals surface area contributed by atoms with Crippen molar-refractivity contribution < 1.29 is 4.74 Å². The van der Waals surface area contributed by atoms with Crippen molar-refractivity contribution in [3.8, 4) is 5.82 Å². The summed E-state index contributed by atoms with van der Waals surface area (Å²) in [4.78, 5) is 13.3. The van der Waals surface area contributed by atoms with Gasteiger partial charge in [0.2, 0.25) is 0 Å². The summed E-state index contributed by atoms with van der Waals surface area (Å²) in [6.07, 6.45) is 6.50. The Kier molecular flexibility index (Phi) is 10.9. The topological polar surface area (TPSA) is 76.4 Å². The smallest absolute Gasteiger partial charge is 0.191 e. The number of aryl methyl sites for hydroxylation is 1. The van der Waals surface area contributed by atoms with Crippen LogP contribution in [0.4, 0.5) is 0 Å². The predicted molar refractivity (Wildman–Crippen MR) is 115 cm³/mol. The van der Waals surface area contributed by atoms with Gasteiger partial charge in [0.05, 0.1) is 6.54 Å². The van der Waals surface area contributed by atoms with Crippen LogP contribution in [0.5, 0.6) is 0 Å². The minimum absolute atomic E-state index is 0. The molecule has 2 heterocycles. The van der Waals surface area contributed by atoms with E-state index >= 15 is 0 Å². The first-order chi connectivity index (χ1) is 12.2. The Hall–Kier alpha value is -1.68. The van der Waals surface area contributed by atoms with Crippen LogP contribution in [-0.2, 0) is 11.3 Å². The fourth-order valence-corrected chi connectivity index (χ4v) is 2.31. The molecule has 7 nitrogen and oxygen atoms in total. The van der Waals surface area contributed by atoms with E-state index in [4.69, 9.17) is 4.74 Å². The molecule has 0 aromatic carbocycles. The number of nitrogens with one attached hydrogen (secondary N) is 2. The van der Waals surface area contributed by atoms with Crippen LogP contribution in [0.1, 0.15) is 31.7 Å². The highest BCUT2D eigenvalue weighted by Crippen LogP contribution is 2.08. The molecule has 2 aromatic rings. The van der Waals surface area contributed by atoms with Gasteiger partial charge in [-0.05, 0) is 38.8 Å². The summed E-state index contributed by atoms with van der Waals surface area (Å²) in [7, 11) is 0. The van der Waals surface area contributed by atoms with Crippen LogP contribution in [0.2, 0.25) is 0 Å². The van der Waals surface area contributed by atoms with E-state index in [1.165, 1.54) is 0 Å². The second kappa shape index (κ2) is 12.6. The fraction of sp³-hybridized carbons (Fsp3) is 0.500. The van der Waals surface area contributed by atoms with E-state index in [0.29, 0.717) is 6.54 Å². The number of hydrogen-bond acceptors (Lipinski definition) is 4. The summed E-state index contributed by atoms with van der Waals surface area (Å²) in [5, 5.41) is 6.57. The number of guanidine groups is 1. The number of ether oxygens (including phenoxy) is 1. The summed E-state index contributed by atoms with van der Waals surface area (Å²) in [6.45, 7) is 9.79. The van der Waals surface area contributed by atoms with Crippen LogP contribution < -0.4 is 10.6 Å². The molecule has 0 amide bonds. The molecule has 8 heteroatoms. The molecule has 0 fully saturated rings. The third-order valence-electron chi connectivity index (χ3n) is 3.61. The summed E-state index contributed by atoms with van der Waals surface area (Å²) in [5.74, 6) is 2.60. The zero-order chi connectivity index (χ0) is 17.9. The average molecular weight is 472 g/mol. The highest BCUT2D eigenvalue weighted by molar-refractivity contribution is 14.0. The molecule has 0 aliphatic rings. The zero-order valence-corrected chi connectivity index (χ0v) is 18.1. The molecule has 0 aliphatic carbocycles. The van der Waals surface area contributed by atoms with Gasteiger partial charge in [0.15, 0.2) is 5.96 Å². The lowest BCUT2D eigenvalue weighted by atomic mass is 10.3. The lowest BCUT2D eigenvalue weighted by molar-refractivity contribution is 0.145. The van der Waals surface area contributed by atoms with Crippen molar-refractivity contribution in [1.29, 1.82) is 0 Å². The highest BCUT2D eigenvalue weighted by atomic mass is 127. The first kappa shape index (κ1) is 22.4. The summed E-state index contributed by atoms with van der Waals surface area (Å²) >= 11 is 0. The SMILES string of the molecule is CCNC(=NCc1ccc(-n2ccnc2C)nc1)NCCCOCC.I. The van der Waals surface area contributed by atoms with E-state index in [2.05, 4.69) is 32.5 Å². The van der Waals surface area contributed by atoms with Crippen molar-refractivity contribution >= 4 is 29.9 Å². The zero-order valence-electron chi connectivity index (χ0n) is 15.7. The second-order valence-corrected chi connectivity index (χ2v) is 5.54. The number of aliphatic imine (C=N–C) groups is 1. The van der Waals surface area contributed by atoms with Gasteiger partial charge in [0.25, 0.3) is 0 Å². The van der Waals surface area contributed by atoms with E-state index in [1.807, 2.05) is 42.9 Å². The predicted octanol–water partition coefficient (Wildman–Crippen LogP) is 2.68. The Morgan fingerprint density at radius 2 is 2.08 bits per heavy atom. The van der Waals surface area contributed by atoms with Gasteiger partial charge in [-0.2, -0.15) is 0 Å². The number of rotatable bonds is 9. The van der Waals surface area contributed by atoms with E-state index in [9.17, 15) is 0 Å². The van der Waals surface area contributed by atoms with Gasteiger partial charge in [0.1, 0.15) is 11.6 Å². The molecule has 0 aliphatic heterocycles. The molecule has 26 heavy (non-hydrogen) atoms. The van der Waals surface area contributed by atoms with E-state index < -0.39 is 0 Å². The molecule has 0 bridgehead atoms. The Morgan fingerprint density at radius 3 is 2.69 bits per heavy atom. The number of aromatic nitrogens is 3. The maximum absolute atomic E-state index is 5.34. The van der Waals surface area contributed by atoms with Gasteiger partial charge in [-0.3, -0.25) is 4.57 Å². The summed E-state index contributed by atoms with van der Waals surface area (Å²) in [6, 6.07) is 4.03. The second-order valence-electron chi connectivity index (χ2n) is 5.54. The first-order valence-corrected chi connectivity index (χ1v) is 8.79. The standard InChI is InChI=1S/C18H28N6O.HI/c1-4-19-18(21-9-6-12-25-5-2)23-14-16-7-8-17(22-13-16)24-11-10-20-15(24)3;/h7-8,10-11,13H,4-6,9,12,14H2,1-3H3,(H2,19,21,23);1H. The third kappa shape index (κ3) is 7.28. The third-order valence-corrected chi connectivity index (χ3v) is 3.61. The minimum atomic E-state index is 0. The van der Waals surface area contributed by atoms with Crippen molar-refractivity contribution in [3.05, 3.63) is 42.1 Å². The van der Waals surface area contributed by atoms with Crippen LogP contribution in [-0.4, -0.2) is 46.8 Å². The van der Waals surface area contributed by atoms with Gasteiger partial charge >= 0.3 is 0 Å². The quantitative estimate of drug-likeness (QED) is 0.254. The molecular formula is C18H29IN6O. The minimum Gasteiger partial charge on any atom is -0.382 e. The van der Waals surface area contributed by atoms with E-state index in [0.717, 1.165) is 55.9 Å². The molecule has 0 saturated heterocycles. The summed E-state index contributed by atoms with van der Waals surface area (Å²) in [5.41, 5.74) is 1.06. The number of pyridine rings is 1. The lowest BCUT2D eigenvalue weighted by Gasteiger charge is -2.11. The molecule has 144 valence electrons. The molecule has 0 atom stereocenters. The molecule has 2 N–H and O–H groups in total. The van der Waals surface area contributed by atoms with Crippen molar-refractivity contribution in [3.63, 3.8) is 0 Å². The van der Waals surface area contributed by atoms with Crippen LogP contribution >= 0.6 is 24.0 Å². The fourth-order valence-electron chi connectivity index (χ4n) is 2.31.